The van der Waals surface area contributed by atoms with Crippen molar-refractivity contribution in [1.82, 2.24) is 0 Å². The first kappa shape index (κ1) is 13.9. The van der Waals surface area contributed by atoms with Crippen molar-refractivity contribution in [3.05, 3.63) is 60.7 Å². The molecule has 2 aromatic rings. The molecule has 0 aliphatic rings. The van der Waals surface area contributed by atoms with Crippen LogP contribution in [0.4, 0.5) is 24.5 Å². The number of para-hydroxylation sites is 2. The van der Waals surface area contributed by atoms with E-state index in [-0.39, 0.29) is 5.69 Å². The Morgan fingerprint density at radius 1 is 0.900 bits per heavy atom. The highest BCUT2D eigenvalue weighted by Crippen LogP contribution is 2.24. The van der Waals surface area contributed by atoms with Crippen LogP contribution in [-0.4, -0.2) is 12.1 Å². The number of hydrazine groups is 1. The van der Waals surface area contributed by atoms with Crippen LogP contribution in [0.25, 0.3) is 0 Å². The Hall–Kier alpha value is -2.50. The van der Waals surface area contributed by atoms with E-state index in [4.69, 9.17) is 0 Å². The van der Waals surface area contributed by atoms with Crippen molar-refractivity contribution in [2.45, 2.75) is 6.18 Å². The van der Waals surface area contributed by atoms with Crippen LogP contribution in [0, 0.1) is 0 Å². The zero-order chi connectivity index (χ0) is 14.6. The van der Waals surface area contributed by atoms with Crippen molar-refractivity contribution in [1.29, 1.82) is 0 Å². The fourth-order valence-corrected chi connectivity index (χ4v) is 1.58. The van der Waals surface area contributed by atoms with Gasteiger partial charge in [0.25, 0.3) is 0 Å². The quantitative estimate of drug-likeness (QED) is 0.871. The molecule has 104 valence electrons. The predicted octanol–water partition coefficient (Wildman–Crippen LogP) is 3.61. The second kappa shape index (κ2) is 5.64. The topological polar surface area (TPSA) is 32.3 Å². The summed E-state index contributed by atoms with van der Waals surface area (Å²) >= 11 is 0. The molecule has 0 aliphatic heterocycles. The van der Waals surface area contributed by atoms with Gasteiger partial charge in [-0.25, -0.2) is 5.01 Å². The number of halogens is 3. The van der Waals surface area contributed by atoms with E-state index < -0.39 is 12.1 Å². The number of alkyl halides is 3. The van der Waals surface area contributed by atoms with Crippen LogP contribution in [-0.2, 0) is 4.79 Å². The number of amides is 1. The summed E-state index contributed by atoms with van der Waals surface area (Å²) in [5.74, 6) is -1.98. The molecule has 0 radical (unpaired) electrons. The van der Waals surface area contributed by atoms with E-state index in [0.717, 1.165) is 0 Å². The summed E-state index contributed by atoms with van der Waals surface area (Å²) in [7, 11) is 0. The van der Waals surface area contributed by atoms with Crippen LogP contribution in [0.3, 0.4) is 0 Å². The summed E-state index contributed by atoms with van der Waals surface area (Å²) in [5.41, 5.74) is 2.96. The number of nitrogens with one attached hydrogen (secondary N) is 1. The SMILES string of the molecule is O=C(N(Nc1ccccc1)c1ccccc1)C(F)(F)F. The van der Waals surface area contributed by atoms with Crippen molar-refractivity contribution in [2.24, 2.45) is 0 Å². The number of nitrogens with zero attached hydrogens (tertiary/aromatic N) is 1. The van der Waals surface area contributed by atoms with Gasteiger partial charge in [0, 0.05) is 0 Å². The summed E-state index contributed by atoms with van der Waals surface area (Å²) in [5, 5.41) is 0.481. The van der Waals surface area contributed by atoms with Crippen LogP contribution in [0.15, 0.2) is 60.7 Å². The number of anilines is 2. The first-order chi connectivity index (χ1) is 9.48. The summed E-state index contributed by atoms with van der Waals surface area (Å²) < 4.78 is 38.0. The van der Waals surface area contributed by atoms with Gasteiger partial charge < -0.3 is 0 Å². The minimum atomic E-state index is -4.96. The number of hydrogen-bond donors (Lipinski definition) is 1. The van der Waals surface area contributed by atoms with Crippen LogP contribution in [0.5, 0.6) is 0 Å². The third-order valence-electron chi connectivity index (χ3n) is 2.47. The maximum absolute atomic E-state index is 12.7. The molecule has 2 aromatic carbocycles. The van der Waals surface area contributed by atoms with E-state index in [0.29, 0.717) is 10.7 Å². The summed E-state index contributed by atoms with van der Waals surface area (Å²) in [6, 6.07) is 15.8. The molecule has 0 unspecified atom stereocenters. The standard InChI is InChI=1S/C14H11F3N2O/c15-14(16,17)13(20)19(12-9-5-2-6-10-12)18-11-7-3-1-4-8-11/h1-10,18H. The van der Waals surface area contributed by atoms with Gasteiger partial charge in [0.1, 0.15) is 0 Å². The molecule has 0 spiro atoms. The maximum Gasteiger partial charge on any atom is 0.473 e. The number of rotatable bonds is 3. The maximum atomic E-state index is 12.7. The molecule has 6 heteroatoms. The van der Waals surface area contributed by atoms with Gasteiger partial charge in [-0.05, 0) is 24.3 Å². The lowest BCUT2D eigenvalue weighted by molar-refractivity contribution is -0.170. The number of benzene rings is 2. The molecule has 0 bridgehead atoms. The fraction of sp³-hybridized carbons (Fsp3) is 0.0714. The molecular weight excluding hydrogens is 269 g/mol. The minimum Gasteiger partial charge on any atom is -0.291 e. The summed E-state index contributed by atoms with van der Waals surface area (Å²) in [6.45, 7) is 0. The van der Waals surface area contributed by atoms with Crippen molar-refractivity contribution < 1.29 is 18.0 Å². The van der Waals surface area contributed by atoms with Crippen molar-refractivity contribution >= 4 is 17.3 Å². The molecule has 0 aromatic heterocycles. The van der Waals surface area contributed by atoms with Gasteiger partial charge in [0.15, 0.2) is 0 Å². The van der Waals surface area contributed by atoms with Crippen LogP contribution in [0.1, 0.15) is 0 Å². The first-order valence-corrected chi connectivity index (χ1v) is 5.76. The molecule has 20 heavy (non-hydrogen) atoms. The van der Waals surface area contributed by atoms with Gasteiger partial charge in [-0.3, -0.25) is 10.2 Å². The zero-order valence-electron chi connectivity index (χ0n) is 10.3. The average Bonchev–Trinajstić information content (AvgIpc) is 2.45. The second-order valence-corrected chi connectivity index (χ2v) is 3.95. The third kappa shape index (κ3) is 3.28. The molecule has 0 atom stereocenters. The van der Waals surface area contributed by atoms with Gasteiger partial charge in [0.05, 0.1) is 11.4 Å². The lowest BCUT2D eigenvalue weighted by atomic mass is 10.3. The Morgan fingerprint density at radius 2 is 1.40 bits per heavy atom. The largest absolute Gasteiger partial charge is 0.473 e. The molecule has 0 saturated heterocycles. The Bertz CT molecular complexity index is 570. The monoisotopic (exact) mass is 280 g/mol. The summed E-state index contributed by atoms with van der Waals surface area (Å²) in [4.78, 5) is 11.5. The highest BCUT2D eigenvalue weighted by molar-refractivity contribution is 5.98. The molecule has 1 amide bonds. The molecule has 0 aliphatic carbocycles. The number of carbonyl (C=O) groups excluding carboxylic acids is 1. The molecule has 3 nitrogen and oxygen atoms in total. The molecule has 1 N–H and O–H groups in total. The Balaban J connectivity index is 2.33. The Labute approximate surface area is 113 Å². The van der Waals surface area contributed by atoms with E-state index >= 15 is 0 Å². The zero-order valence-corrected chi connectivity index (χ0v) is 10.3. The van der Waals surface area contributed by atoms with Crippen molar-refractivity contribution in [3.63, 3.8) is 0 Å². The number of hydrogen-bond acceptors (Lipinski definition) is 2. The first-order valence-electron chi connectivity index (χ1n) is 5.76. The lowest BCUT2D eigenvalue weighted by Gasteiger charge is -2.25. The van der Waals surface area contributed by atoms with Gasteiger partial charge in [-0.2, -0.15) is 13.2 Å². The highest BCUT2D eigenvalue weighted by Gasteiger charge is 2.43. The average molecular weight is 280 g/mol. The minimum absolute atomic E-state index is 0.110. The van der Waals surface area contributed by atoms with Gasteiger partial charge >= 0.3 is 12.1 Å². The fourth-order valence-electron chi connectivity index (χ4n) is 1.58. The van der Waals surface area contributed by atoms with Gasteiger partial charge in [-0.1, -0.05) is 36.4 Å². The second-order valence-electron chi connectivity index (χ2n) is 3.95. The molecular formula is C14H11F3N2O. The van der Waals surface area contributed by atoms with E-state index in [1.54, 1.807) is 48.5 Å². The normalized spacial score (nSPS) is 10.9. The van der Waals surface area contributed by atoms with Crippen molar-refractivity contribution in [3.8, 4) is 0 Å². The molecule has 0 fully saturated rings. The Morgan fingerprint density at radius 3 is 1.90 bits per heavy atom. The van der Waals surface area contributed by atoms with Gasteiger partial charge in [0.2, 0.25) is 0 Å². The third-order valence-corrected chi connectivity index (χ3v) is 2.47. The van der Waals surface area contributed by atoms with Gasteiger partial charge in [-0.15, -0.1) is 0 Å². The van der Waals surface area contributed by atoms with E-state index in [2.05, 4.69) is 5.43 Å². The van der Waals surface area contributed by atoms with E-state index in [1.165, 1.54) is 12.1 Å². The van der Waals surface area contributed by atoms with Crippen molar-refractivity contribution in [2.75, 3.05) is 10.4 Å². The lowest BCUT2D eigenvalue weighted by Crippen LogP contribution is -2.44. The summed E-state index contributed by atoms with van der Waals surface area (Å²) in [6.07, 6.45) is -4.96. The number of carbonyl (C=O) groups is 1. The van der Waals surface area contributed by atoms with Crippen LogP contribution < -0.4 is 10.4 Å². The Kier molecular flexibility index (Phi) is 3.93. The molecule has 2 rings (SSSR count). The smallest absolute Gasteiger partial charge is 0.291 e. The molecule has 0 saturated carbocycles. The van der Waals surface area contributed by atoms with Crippen LogP contribution >= 0.6 is 0 Å². The van der Waals surface area contributed by atoms with Crippen LogP contribution in [0.2, 0.25) is 0 Å². The van der Waals surface area contributed by atoms with E-state index in [1.807, 2.05) is 0 Å². The highest BCUT2D eigenvalue weighted by atomic mass is 19.4. The van der Waals surface area contributed by atoms with E-state index in [9.17, 15) is 18.0 Å². The predicted molar refractivity (Wildman–Crippen MR) is 70.0 cm³/mol. The molecule has 0 heterocycles.